The lowest BCUT2D eigenvalue weighted by atomic mass is 10.3. The fourth-order valence-electron chi connectivity index (χ4n) is 2.16. The normalized spacial score (nSPS) is 11.3. The summed E-state index contributed by atoms with van der Waals surface area (Å²) in [5.74, 6) is -0.207. The van der Waals surface area contributed by atoms with Gasteiger partial charge in [0.1, 0.15) is 5.82 Å². The molecule has 0 amide bonds. The van der Waals surface area contributed by atoms with E-state index in [1.807, 2.05) is 27.2 Å². The van der Waals surface area contributed by atoms with E-state index >= 15 is 0 Å². The molecule has 2 heterocycles. The summed E-state index contributed by atoms with van der Waals surface area (Å²) in [5, 5.41) is 0. The topological polar surface area (TPSA) is 20.7 Å². The van der Waals surface area contributed by atoms with E-state index in [9.17, 15) is 4.39 Å². The smallest absolute Gasteiger partial charge is 0.178 e. The monoisotopic (exact) mass is 418 g/mol. The van der Waals surface area contributed by atoms with Crippen LogP contribution in [0.15, 0.2) is 24.3 Å². The van der Waals surface area contributed by atoms with Gasteiger partial charge < -0.3 is 9.55 Å². The highest BCUT2D eigenvalue weighted by atomic mass is 127. The lowest BCUT2D eigenvalue weighted by Crippen LogP contribution is -1.98. The molecule has 20 heavy (non-hydrogen) atoms. The Morgan fingerprint density at radius 1 is 1.35 bits per heavy atom. The fraction of sp³-hybridized carbons (Fsp3) is 0.214. The lowest BCUT2D eigenvalue weighted by Gasteiger charge is -2.03. The van der Waals surface area contributed by atoms with Gasteiger partial charge in [0, 0.05) is 15.8 Å². The van der Waals surface area contributed by atoms with Crippen molar-refractivity contribution in [1.29, 1.82) is 0 Å². The van der Waals surface area contributed by atoms with E-state index in [1.54, 1.807) is 23.5 Å². The van der Waals surface area contributed by atoms with E-state index < -0.39 is 0 Å². The van der Waals surface area contributed by atoms with E-state index in [2.05, 4.69) is 24.0 Å². The van der Waals surface area contributed by atoms with Crippen LogP contribution in [0.25, 0.3) is 11.0 Å². The number of fused-ring (bicyclic) bond motifs is 1. The van der Waals surface area contributed by atoms with Gasteiger partial charge >= 0.3 is 0 Å². The fourth-order valence-corrected chi connectivity index (χ4v) is 3.85. The molecule has 0 aliphatic carbocycles. The second-order valence-electron chi connectivity index (χ2n) is 4.52. The van der Waals surface area contributed by atoms with Crippen LogP contribution >= 0.6 is 46.1 Å². The first-order valence-electron chi connectivity index (χ1n) is 6.23. The first-order chi connectivity index (χ1) is 9.58. The van der Waals surface area contributed by atoms with Crippen LogP contribution in [0, 0.1) is 14.2 Å². The molecular weight excluding hydrogens is 406 g/mol. The lowest BCUT2D eigenvalue weighted by molar-refractivity contribution is 0.621. The molecule has 2 aromatic heterocycles. The predicted molar refractivity (Wildman–Crippen MR) is 92.6 cm³/mol. The van der Waals surface area contributed by atoms with Crippen LogP contribution in [0.1, 0.15) is 16.7 Å². The first-order valence-corrected chi connectivity index (χ1v) is 8.54. The number of aryl methyl sites for hydroxylation is 1. The van der Waals surface area contributed by atoms with Crippen molar-refractivity contribution in [2.45, 2.75) is 19.9 Å². The van der Waals surface area contributed by atoms with E-state index in [0.717, 1.165) is 17.5 Å². The average molecular weight is 418 g/mol. The summed E-state index contributed by atoms with van der Waals surface area (Å²) >= 11 is 9.13. The number of rotatable bonds is 3. The van der Waals surface area contributed by atoms with E-state index in [0.29, 0.717) is 14.9 Å². The van der Waals surface area contributed by atoms with Crippen molar-refractivity contribution in [3.8, 4) is 0 Å². The van der Waals surface area contributed by atoms with Crippen LogP contribution in [-0.2, 0) is 13.0 Å². The van der Waals surface area contributed by atoms with Crippen molar-refractivity contribution in [2.24, 2.45) is 0 Å². The van der Waals surface area contributed by atoms with Crippen LogP contribution in [0.3, 0.4) is 0 Å². The Morgan fingerprint density at radius 2 is 2.10 bits per heavy atom. The molecule has 1 N–H and O–H groups in total. The molecule has 2 nitrogen and oxygen atoms in total. The minimum absolute atomic E-state index is 0.207. The van der Waals surface area contributed by atoms with Gasteiger partial charge in [0.2, 0.25) is 0 Å². The standard InChI is InChI=1S/C14H12FIN2S2/c1-2-8-3-4-9(20-8)7-18-13-5-10(15)11(16)6-12(13)17-14(18)19/h3-6H,2,7H2,1H3,(H,17,19). The summed E-state index contributed by atoms with van der Waals surface area (Å²) < 4.78 is 17.0. The number of nitrogens with zero attached hydrogens (tertiary/aromatic N) is 1. The van der Waals surface area contributed by atoms with Crippen molar-refractivity contribution in [3.63, 3.8) is 0 Å². The Hall–Kier alpha value is -0.730. The molecule has 1 aromatic carbocycles. The molecule has 0 atom stereocenters. The third kappa shape index (κ3) is 2.56. The molecule has 6 heteroatoms. The van der Waals surface area contributed by atoms with Crippen molar-refractivity contribution >= 4 is 57.2 Å². The van der Waals surface area contributed by atoms with Gasteiger partial charge in [-0.15, -0.1) is 11.3 Å². The Bertz CT molecular complexity index is 831. The zero-order valence-corrected chi connectivity index (χ0v) is 14.5. The zero-order chi connectivity index (χ0) is 14.3. The van der Waals surface area contributed by atoms with E-state index in [4.69, 9.17) is 12.2 Å². The van der Waals surface area contributed by atoms with Crippen molar-refractivity contribution < 1.29 is 4.39 Å². The third-order valence-corrected chi connectivity index (χ3v) is 5.56. The molecule has 0 spiro atoms. The largest absolute Gasteiger partial charge is 0.331 e. The molecule has 0 fully saturated rings. The maximum Gasteiger partial charge on any atom is 0.178 e. The highest BCUT2D eigenvalue weighted by Gasteiger charge is 2.10. The molecule has 0 bridgehead atoms. The molecule has 0 saturated heterocycles. The van der Waals surface area contributed by atoms with Gasteiger partial charge in [-0.25, -0.2) is 4.39 Å². The number of benzene rings is 1. The summed E-state index contributed by atoms with van der Waals surface area (Å²) in [7, 11) is 0. The molecule has 0 saturated carbocycles. The number of halogens is 2. The molecule has 3 rings (SSSR count). The second-order valence-corrected chi connectivity index (χ2v) is 7.32. The minimum Gasteiger partial charge on any atom is -0.331 e. The van der Waals surface area contributed by atoms with Crippen molar-refractivity contribution in [2.75, 3.05) is 0 Å². The number of thiophene rings is 1. The van der Waals surface area contributed by atoms with Crippen LogP contribution in [0.4, 0.5) is 4.39 Å². The quantitative estimate of drug-likeness (QED) is 0.463. The number of hydrogen-bond donors (Lipinski definition) is 1. The Balaban J connectivity index is 2.08. The van der Waals surface area contributed by atoms with Gasteiger partial charge in [-0.2, -0.15) is 0 Å². The van der Waals surface area contributed by atoms with Gasteiger partial charge in [-0.05, 0) is 59.4 Å². The molecular formula is C14H12FIN2S2. The van der Waals surface area contributed by atoms with Crippen LogP contribution < -0.4 is 0 Å². The summed E-state index contributed by atoms with van der Waals surface area (Å²) in [6.45, 7) is 2.83. The van der Waals surface area contributed by atoms with Gasteiger partial charge in [-0.1, -0.05) is 6.92 Å². The summed E-state index contributed by atoms with van der Waals surface area (Å²) in [6.07, 6.45) is 1.04. The second kappa shape index (κ2) is 5.57. The van der Waals surface area contributed by atoms with Crippen LogP contribution in [-0.4, -0.2) is 9.55 Å². The summed E-state index contributed by atoms with van der Waals surface area (Å²) in [5.41, 5.74) is 1.70. The minimum atomic E-state index is -0.207. The highest BCUT2D eigenvalue weighted by Crippen LogP contribution is 2.24. The Labute approximate surface area is 138 Å². The average Bonchev–Trinajstić information content (AvgIpc) is 2.98. The van der Waals surface area contributed by atoms with Gasteiger partial charge in [0.05, 0.1) is 21.1 Å². The van der Waals surface area contributed by atoms with Gasteiger partial charge in [0.15, 0.2) is 4.77 Å². The summed E-state index contributed by atoms with van der Waals surface area (Å²) in [6, 6.07) is 7.61. The van der Waals surface area contributed by atoms with Crippen LogP contribution in [0.5, 0.6) is 0 Å². The van der Waals surface area contributed by atoms with Crippen molar-refractivity contribution in [3.05, 3.63) is 48.2 Å². The number of H-pyrrole nitrogens is 1. The summed E-state index contributed by atoms with van der Waals surface area (Å²) in [4.78, 5) is 5.73. The Morgan fingerprint density at radius 3 is 2.80 bits per heavy atom. The number of aromatic nitrogens is 2. The Kier molecular flexibility index (Phi) is 3.96. The molecule has 3 aromatic rings. The highest BCUT2D eigenvalue weighted by molar-refractivity contribution is 14.1. The SMILES string of the molecule is CCc1ccc(Cn2c(=S)[nH]c3cc(I)c(F)cc32)s1. The van der Waals surface area contributed by atoms with E-state index in [-0.39, 0.29) is 5.82 Å². The molecule has 0 radical (unpaired) electrons. The number of aromatic amines is 1. The molecule has 0 aliphatic rings. The molecule has 0 unspecified atom stereocenters. The predicted octanol–water partition coefficient (Wildman–Crippen LogP) is 5.11. The number of imidazole rings is 1. The number of nitrogens with one attached hydrogen (secondary N) is 1. The maximum absolute atomic E-state index is 13.8. The first kappa shape index (κ1) is 14.2. The number of hydrogen-bond acceptors (Lipinski definition) is 2. The van der Waals surface area contributed by atoms with Gasteiger partial charge in [-0.3, -0.25) is 0 Å². The zero-order valence-electron chi connectivity index (χ0n) is 10.7. The molecule has 104 valence electrons. The van der Waals surface area contributed by atoms with E-state index in [1.165, 1.54) is 9.75 Å². The van der Waals surface area contributed by atoms with Gasteiger partial charge in [0.25, 0.3) is 0 Å². The van der Waals surface area contributed by atoms with Crippen molar-refractivity contribution in [1.82, 2.24) is 9.55 Å². The molecule has 0 aliphatic heterocycles. The maximum atomic E-state index is 13.8. The third-order valence-electron chi connectivity index (χ3n) is 3.20. The van der Waals surface area contributed by atoms with Crippen LogP contribution in [0.2, 0.25) is 0 Å².